The van der Waals surface area contributed by atoms with Gasteiger partial charge in [0.05, 0.1) is 4.90 Å². The van der Waals surface area contributed by atoms with Crippen molar-refractivity contribution < 1.29 is 8.42 Å². The molecule has 7 heteroatoms. The van der Waals surface area contributed by atoms with Gasteiger partial charge in [0.1, 0.15) is 0 Å². The first-order chi connectivity index (χ1) is 8.49. The number of benzene rings is 1. The van der Waals surface area contributed by atoms with Crippen molar-refractivity contribution in [3.63, 3.8) is 0 Å². The van der Waals surface area contributed by atoms with Crippen molar-refractivity contribution >= 4 is 53.6 Å². The maximum atomic E-state index is 12.2. The van der Waals surface area contributed by atoms with Crippen LogP contribution in [-0.4, -0.2) is 26.5 Å². The van der Waals surface area contributed by atoms with Crippen LogP contribution in [0.1, 0.15) is 6.42 Å². The van der Waals surface area contributed by atoms with Gasteiger partial charge in [-0.2, -0.15) is 11.8 Å². The summed E-state index contributed by atoms with van der Waals surface area (Å²) in [5.74, 6) is 2.63. The molecule has 1 unspecified atom stereocenters. The summed E-state index contributed by atoms with van der Waals surface area (Å²) in [6.07, 6.45) is 1.09. The second-order valence-electron chi connectivity index (χ2n) is 4.16. The van der Waals surface area contributed by atoms with Crippen LogP contribution in [0.4, 0.5) is 0 Å². The van der Waals surface area contributed by atoms with Crippen LogP contribution in [0, 0.1) is 5.92 Å². The summed E-state index contributed by atoms with van der Waals surface area (Å²) in [7, 11) is -3.44. The van der Waals surface area contributed by atoms with Gasteiger partial charge >= 0.3 is 0 Å². The molecule has 0 bridgehead atoms. The van der Waals surface area contributed by atoms with E-state index in [1.807, 2.05) is 11.8 Å². The fraction of sp³-hybridized carbons (Fsp3) is 0.455. The van der Waals surface area contributed by atoms with Gasteiger partial charge in [-0.05, 0) is 58.0 Å². The highest BCUT2D eigenvalue weighted by Gasteiger charge is 2.21. The number of hydrogen-bond acceptors (Lipinski definition) is 3. The van der Waals surface area contributed by atoms with Gasteiger partial charge in [0.15, 0.2) is 0 Å². The Kier molecular flexibility index (Phi) is 5.16. The van der Waals surface area contributed by atoms with E-state index in [-0.39, 0.29) is 4.90 Å². The van der Waals surface area contributed by atoms with Crippen LogP contribution in [0.5, 0.6) is 0 Å². The average Bonchev–Trinajstić information content (AvgIpc) is 2.83. The van der Waals surface area contributed by atoms with Crippen LogP contribution >= 0.6 is 43.6 Å². The molecule has 0 aliphatic carbocycles. The van der Waals surface area contributed by atoms with E-state index in [1.165, 1.54) is 0 Å². The van der Waals surface area contributed by atoms with Crippen molar-refractivity contribution in [2.24, 2.45) is 5.92 Å². The molecule has 0 radical (unpaired) electrons. The Balaban J connectivity index is 2.12. The zero-order valence-electron chi connectivity index (χ0n) is 9.53. The number of sulfonamides is 1. The Hall–Kier alpha value is 0.440. The molecule has 1 heterocycles. The third kappa shape index (κ3) is 3.72. The van der Waals surface area contributed by atoms with Crippen molar-refractivity contribution in [2.45, 2.75) is 11.3 Å². The van der Waals surface area contributed by atoms with E-state index < -0.39 is 10.0 Å². The highest BCUT2D eigenvalue weighted by atomic mass is 79.9. The van der Waals surface area contributed by atoms with Gasteiger partial charge in [-0.15, -0.1) is 0 Å². The quantitative estimate of drug-likeness (QED) is 0.822. The average molecular weight is 415 g/mol. The van der Waals surface area contributed by atoms with E-state index in [2.05, 4.69) is 36.6 Å². The monoisotopic (exact) mass is 413 g/mol. The summed E-state index contributed by atoms with van der Waals surface area (Å²) in [5, 5.41) is 0. The van der Waals surface area contributed by atoms with Crippen molar-refractivity contribution in [3.05, 3.63) is 27.1 Å². The predicted molar refractivity (Wildman–Crippen MR) is 82.5 cm³/mol. The summed E-state index contributed by atoms with van der Waals surface area (Å²) in [5.41, 5.74) is 0. The first-order valence-corrected chi connectivity index (χ1v) is 9.74. The minimum absolute atomic E-state index is 0.280. The lowest BCUT2D eigenvalue weighted by atomic mass is 10.1. The number of nitrogens with one attached hydrogen (secondary N) is 1. The van der Waals surface area contributed by atoms with E-state index in [0.29, 0.717) is 16.9 Å². The Morgan fingerprint density at radius 2 is 2.17 bits per heavy atom. The molecule has 100 valence electrons. The van der Waals surface area contributed by atoms with Gasteiger partial charge in [-0.3, -0.25) is 0 Å². The molecule has 0 amide bonds. The maximum Gasteiger partial charge on any atom is 0.241 e. The summed E-state index contributed by atoms with van der Waals surface area (Å²) < 4.78 is 28.4. The third-order valence-corrected chi connectivity index (χ3v) is 6.91. The number of rotatable bonds is 4. The Morgan fingerprint density at radius 3 is 2.83 bits per heavy atom. The molecule has 1 aromatic carbocycles. The highest BCUT2D eigenvalue weighted by Crippen LogP contribution is 2.27. The maximum absolute atomic E-state index is 12.2. The molecule has 0 aromatic heterocycles. The first kappa shape index (κ1) is 14.8. The van der Waals surface area contributed by atoms with Crippen molar-refractivity contribution in [1.82, 2.24) is 4.72 Å². The lowest BCUT2D eigenvalue weighted by Gasteiger charge is -2.12. The predicted octanol–water partition coefficient (Wildman–Crippen LogP) is 3.24. The van der Waals surface area contributed by atoms with E-state index in [1.54, 1.807) is 18.2 Å². The molecule has 1 N–H and O–H groups in total. The molecule has 18 heavy (non-hydrogen) atoms. The van der Waals surface area contributed by atoms with Crippen LogP contribution in [0.3, 0.4) is 0 Å². The Bertz CT molecular complexity index is 528. The molecular weight excluding hydrogens is 402 g/mol. The summed E-state index contributed by atoms with van der Waals surface area (Å²) in [6.45, 7) is 0.522. The zero-order chi connectivity index (χ0) is 13.2. The lowest BCUT2D eigenvalue weighted by Crippen LogP contribution is -2.29. The van der Waals surface area contributed by atoms with Gasteiger partial charge < -0.3 is 0 Å². The number of hydrogen-bond donors (Lipinski definition) is 1. The summed E-state index contributed by atoms with van der Waals surface area (Å²) in [6, 6.07) is 5.14. The standard InChI is InChI=1S/C11H13Br2NO2S2/c12-9-1-2-10(13)11(5-9)18(15,16)14-6-8-3-4-17-7-8/h1-2,5,8,14H,3-4,6-7H2. The van der Waals surface area contributed by atoms with Gasteiger partial charge in [0, 0.05) is 15.5 Å². The van der Waals surface area contributed by atoms with Crippen molar-refractivity contribution in [3.8, 4) is 0 Å². The van der Waals surface area contributed by atoms with Crippen LogP contribution in [-0.2, 0) is 10.0 Å². The summed E-state index contributed by atoms with van der Waals surface area (Å²) in [4.78, 5) is 0.280. The Morgan fingerprint density at radius 1 is 1.39 bits per heavy atom. The molecule has 3 nitrogen and oxygen atoms in total. The first-order valence-electron chi connectivity index (χ1n) is 5.51. The number of thioether (sulfide) groups is 1. The molecule has 2 rings (SSSR count). The van der Waals surface area contributed by atoms with Gasteiger partial charge in [-0.1, -0.05) is 15.9 Å². The molecule has 0 saturated carbocycles. The zero-order valence-corrected chi connectivity index (χ0v) is 14.3. The van der Waals surface area contributed by atoms with Crippen molar-refractivity contribution in [1.29, 1.82) is 0 Å². The van der Waals surface area contributed by atoms with E-state index in [9.17, 15) is 8.42 Å². The smallest absolute Gasteiger partial charge is 0.211 e. The normalized spacial score (nSPS) is 20.2. The van der Waals surface area contributed by atoms with Crippen molar-refractivity contribution in [2.75, 3.05) is 18.1 Å². The fourth-order valence-corrected chi connectivity index (χ4v) is 5.63. The number of halogens is 2. The molecule has 1 atom stereocenters. The second-order valence-corrected chi connectivity index (χ2v) is 8.81. The third-order valence-electron chi connectivity index (χ3n) is 2.77. The Labute approximate surface area is 128 Å². The van der Waals surface area contributed by atoms with E-state index in [4.69, 9.17) is 0 Å². The van der Waals surface area contributed by atoms with Crippen LogP contribution in [0.25, 0.3) is 0 Å². The molecule has 1 aliphatic rings. The van der Waals surface area contributed by atoms with Gasteiger partial charge in [-0.25, -0.2) is 13.1 Å². The lowest BCUT2D eigenvalue weighted by molar-refractivity contribution is 0.545. The molecule has 1 aromatic rings. The minimum Gasteiger partial charge on any atom is -0.211 e. The molecular formula is C11H13Br2NO2S2. The summed E-state index contributed by atoms with van der Waals surface area (Å²) >= 11 is 8.45. The second kappa shape index (κ2) is 6.26. The van der Waals surface area contributed by atoms with E-state index >= 15 is 0 Å². The van der Waals surface area contributed by atoms with Gasteiger partial charge in [0.2, 0.25) is 10.0 Å². The largest absolute Gasteiger partial charge is 0.241 e. The van der Waals surface area contributed by atoms with Crippen LogP contribution < -0.4 is 4.72 Å². The highest BCUT2D eigenvalue weighted by molar-refractivity contribution is 9.11. The molecule has 1 saturated heterocycles. The fourth-order valence-electron chi connectivity index (χ4n) is 1.73. The topological polar surface area (TPSA) is 46.2 Å². The van der Waals surface area contributed by atoms with E-state index in [0.717, 1.165) is 22.4 Å². The van der Waals surface area contributed by atoms with Crippen LogP contribution in [0.15, 0.2) is 32.0 Å². The SMILES string of the molecule is O=S(=O)(NCC1CCSC1)c1cc(Br)ccc1Br. The molecule has 1 aliphatic heterocycles. The minimum atomic E-state index is -3.44. The van der Waals surface area contributed by atoms with Gasteiger partial charge in [0.25, 0.3) is 0 Å². The molecule has 1 fully saturated rings. The van der Waals surface area contributed by atoms with Crippen LogP contribution in [0.2, 0.25) is 0 Å². The molecule has 0 spiro atoms.